The fraction of sp³-hybridized carbons (Fsp3) is 0.160. The Morgan fingerprint density at radius 3 is 2.24 bits per heavy atom. The van der Waals surface area contributed by atoms with Crippen molar-refractivity contribution in [1.82, 2.24) is 0 Å². The molecular formula is C25H22N2O6. The molecular weight excluding hydrogens is 424 g/mol. The number of nitro benzene ring substituents is 1. The maximum Gasteiger partial charge on any atom is 0.339 e. The average molecular weight is 446 g/mol. The molecule has 8 nitrogen and oxygen atoms in total. The first kappa shape index (κ1) is 23.3. The van der Waals surface area contributed by atoms with E-state index in [1.807, 2.05) is 0 Å². The molecule has 0 fully saturated rings. The quantitative estimate of drug-likeness (QED) is 0.224. The number of hydrogen-bond donors (Lipinski definition) is 1. The summed E-state index contributed by atoms with van der Waals surface area (Å²) in [6.07, 6.45) is -1.03. The highest BCUT2D eigenvalue weighted by Crippen LogP contribution is 2.27. The highest BCUT2D eigenvalue weighted by atomic mass is 16.6. The molecule has 1 atom stereocenters. The molecule has 0 spiro atoms. The molecule has 0 unspecified atom stereocenters. The van der Waals surface area contributed by atoms with Gasteiger partial charge in [0, 0.05) is 35.4 Å². The number of anilines is 1. The number of hydrogen-bond acceptors (Lipinski definition) is 6. The number of Topliss-reactive ketones (excluding diaryl/α,β-unsaturated/α-hetero) is 1. The normalized spacial score (nSPS) is 11.3. The van der Waals surface area contributed by atoms with E-state index in [1.165, 1.54) is 30.3 Å². The van der Waals surface area contributed by atoms with Crippen LogP contribution < -0.4 is 5.32 Å². The third-order valence-corrected chi connectivity index (χ3v) is 5.00. The molecule has 168 valence electrons. The van der Waals surface area contributed by atoms with Gasteiger partial charge in [0.2, 0.25) is 11.7 Å². The zero-order valence-electron chi connectivity index (χ0n) is 18.1. The van der Waals surface area contributed by atoms with Crippen molar-refractivity contribution in [2.45, 2.75) is 26.4 Å². The number of ether oxygens (including phenoxy) is 1. The van der Waals surface area contributed by atoms with Gasteiger partial charge in [-0.25, -0.2) is 4.79 Å². The van der Waals surface area contributed by atoms with Crippen LogP contribution in [-0.4, -0.2) is 22.6 Å². The largest absolute Gasteiger partial charge is 0.445 e. The summed E-state index contributed by atoms with van der Waals surface area (Å²) in [7, 11) is 0. The highest BCUT2D eigenvalue weighted by molar-refractivity contribution is 6.02. The van der Waals surface area contributed by atoms with Crippen molar-refractivity contribution >= 4 is 29.0 Å². The van der Waals surface area contributed by atoms with Crippen LogP contribution in [0.4, 0.5) is 11.4 Å². The van der Waals surface area contributed by atoms with Gasteiger partial charge in [0.25, 0.3) is 5.69 Å². The maximum absolute atomic E-state index is 13.2. The smallest absolute Gasteiger partial charge is 0.339 e. The SMILES string of the molecule is CCC(=O)Nc1cc(C(=O)O[C@H](C(=O)c2ccccc2)c2ccc([N+](=O)[O-])cc2)ccc1C. The summed E-state index contributed by atoms with van der Waals surface area (Å²) >= 11 is 0. The van der Waals surface area contributed by atoms with Crippen molar-refractivity contribution < 1.29 is 24.0 Å². The van der Waals surface area contributed by atoms with Crippen molar-refractivity contribution in [3.05, 3.63) is 105 Å². The Bertz CT molecular complexity index is 1190. The minimum absolute atomic E-state index is 0.147. The van der Waals surface area contributed by atoms with Crippen molar-refractivity contribution in [3.63, 3.8) is 0 Å². The molecule has 0 aliphatic carbocycles. The first-order valence-corrected chi connectivity index (χ1v) is 10.2. The molecule has 1 N–H and O–H groups in total. The summed E-state index contributed by atoms with van der Waals surface area (Å²) in [6, 6.07) is 18.3. The van der Waals surface area contributed by atoms with Crippen LogP contribution in [0.2, 0.25) is 0 Å². The van der Waals surface area contributed by atoms with Crippen molar-refractivity contribution in [2.24, 2.45) is 0 Å². The summed E-state index contributed by atoms with van der Waals surface area (Å²) < 4.78 is 5.59. The van der Waals surface area contributed by atoms with E-state index in [-0.39, 0.29) is 23.6 Å². The van der Waals surface area contributed by atoms with E-state index in [9.17, 15) is 24.5 Å². The van der Waals surface area contributed by atoms with E-state index in [1.54, 1.807) is 56.3 Å². The zero-order chi connectivity index (χ0) is 24.0. The second-order valence-corrected chi connectivity index (χ2v) is 7.30. The summed E-state index contributed by atoms with van der Waals surface area (Å²) in [6.45, 7) is 3.51. The van der Waals surface area contributed by atoms with E-state index in [2.05, 4.69) is 5.32 Å². The van der Waals surface area contributed by atoms with Gasteiger partial charge in [-0.3, -0.25) is 19.7 Å². The number of non-ortho nitro benzene ring substituents is 1. The lowest BCUT2D eigenvalue weighted by molar-refractivity contribution is -0.384. The summed E-state index contributed by atoms with van der Waals surface area (Å²) in [5.74, 6) is -1.44. The van der Waals surface area contributed by atoms with Crippen LogP contribution in [0, 0.1) is 17.0 Å². The number of nitro groups is 1. The van der Waals surface area contributed by atoms with Crippen LogP contribution in [0.15, 0.2) is 72.8 Å². The topological polar surface area (TPSA) is 116 Å². The van der Waals surface area contributed by atoms with Crippen LogP contribution >= 0.6 is 0 Å². The number of esters is 1. The van der Waals surface area contributed by atoms with Gasteiger partial charge in [-0.15, -0.1) is 0 Å². The molecule has 33 heavy (non-hydrogen) atoms. The van der Waals surface area contributed by atoms with E-state index in [4.69, 9.17) is 4.74 Å². The van der Waals surface area contributed by atoms with Gasteiger partial charge in [0.1, 0.15) is 0 Å². The molecule has 8 heteroatoms. The van der Waals surface area contributed by atoms with Crippen LogP contribution in [0.5, 0.6) is 0 Å². The molecule has 3 aromatic rings. The van der Waals surface area contributed by atoms with E-state index in [0.29, 0.717) is 16.8 Å². The Labute approximate surface area is 190 Å². The molecule has 3 aromatic carbocycles. The van der Waals surface area contributed by atoms with Gasteiger partial charge in [0.05, 0.1) is 10.5 Å². The maximum atomic E-state index is 13.2. The number of benzene rings is 3. The third kappa shape index (κ3) is 5.68. The Balaban J connectivity index is 1.93. The predicted molar refractivity (Wildman–Crippen MR) is 122 cm³/mol. The zero-order valence-corrected chi connectivity index (χ0v) is 18.1. The second kappa shape index (κ2) is 10.3. The molecule has 0 saturated heterocycles. The lowest BCUT2D eigenvalue weighted by Crippen LogP contribution is -2.20. The number of nitrogens with one attached hydrogen (secondary N) is 1. The standard InChI is InChI=1S/C25H22N2O6/c1-3-22(28)26-21-15-19(10-9-16(21)2)25(30)33-24(23(29)17-7-5-4-6-8-17)18-11-13-20(14-12-18)27(31)32/h4-15,24H,3H2,1-2H3,(H,26,28)/t24-/m0/s1. The van der Waals surface area contributed by atoms with Gasteiger partial charge >= 0.3 is 5.97 Å². The van der Waals surface area contributed by atoms with E-state index >= 15 is 0 Å². The van der Waals surface area contributed by atoms with Gasteiger partial charge in [0.15, 0.2) is 6.10 Å². The molecule has 0 aliphatic heterocycles. The van der Waals surface area contributed by atoms with E-state index in [0.717, 1.165) is 5.56 Å². The molecule has 0 radical (unpaired) electrons. The number of nitrogens with zero attached hydrogens (tertiary/aromatic N) is 1. The van der Waals surface area contributed by atoms with Crippen molar-refractivity contribution in [1.29, 1.82) is 0 Å². The highest BCUT2D eigenvalue weighted by Gasteiger charge is 2.27. The Kier molecular flexibility index (Phi) is 7.30. The molecule has 1 amide bonds. The Morgan fingerprint density at radius 1 is 0.970 bits per heavy atom. The lowest BCUT2D eigenvalue weighted by atomic mass is 9.99. The van der Waals surface area contributed by atoms with Crippen molar-refractivity contribution in [2.75, 3.05) is 5.32 Å². The molecule has 0 bridgehead atoms. The Hall–Kier alpha value is -4.33. The first-order chi connectivity index (χ1) is 15.8. The molecule has 0 aromatic heterocycles. The van der Waals surface area contributed by atoms with Crippen LogP contribution in [0.25, 0.3) is 0 Å². The lowest BCUT2D eigenvalue weighted by Gasteiger charge is -2.18. The first-order valence-electron chi connectivity index (χ1n) is 10.2. The predicted octanol–water partition coefficient (Wildman–Crippen LogP) is 5.03. The molecule has 0 heterocycles. The number of carbonyl (C=O) groups is 3. The molecule has 3 rings (SSSR count). The second-order valence-electron chi connectivity index (χ2n) is 7.30. The van der Waals surface area contributed by atoms with Crippen LogP contribution in [0.1, 0.15) is 51.3 Å². The van der Waals surface area contributed by atoms with Gasteiger partial charge in [-0.2, -0.15) is 0 Å². The number of amides is 1. The van der Waals surface area contributed by atoms with E-state index < -0.39 is 22.8 Å². The van der Waals surface area contributed by atoms with Gasteiger partial charge < -0.3 is 10.1 Å². The number of ketones is 1. The van der Waals surface area contributed by atoms with Gasteiger partial charge in [-0.05, 0) is 36.8 Å². The number of rotatable bonds is 8. The fourth-order valence-electron chi connectivity index (χ4n) is 3.09. The summed E-state index contributed by atoms with van der Waals surface area (Å²) in [5.41, 5.74) is 1.87. The minimum Gasteiger partial charge on any atom is -0.445 e. The van der Waals surface area contributed by atoms with Crippen LogP contribution in [-0.2, 0) is 9.53 Å². The number of aryl methyl sites for hydroxylation is 1. The molecule has 0 saturated carbocycles. The number of carbonyl (C=O) groups excluding carboxylic acids is 3. The third-order valence-electron chi connectivity index (χ3n) is 5.00. The minimum atomic E-state index is -1.31. The summed E-state index contributed by atoms with van der Waals surface area (Å²) in [4.78, 5) is 48.3. The van der Waals surface area contributed by atoms with Gasteiger partial charge in [-0.1, -0.05) is 43.3 Å². The monoisotopic (exact) mass is 446 g/mol. The average Bonchev–Trinajstić information content (AvgIpc) is 2.83. The summed E-state index contributed by atoms with van der Waals surface area (Å²) in [5, 5.41) is 13.7. The Morgan fingerprint density at radius 2 is 1.64 bits per heavy atom. The fourth-order valence-corrected chi connectivity index (χ4v) is 3.09. The molecule has 0 aliphatic rings. The van der Waals surface area contributed by atoms with Crippen LogP contribution in [0.3, 0.4) is 0 Å². The van der Waals surface area contributed by atoms with Crippen molar-refractivity contribution in [3.8, 4) is 0 Å².